The zero-order valence-electron chi connectivity index (χ0n) is 15.0. The van der Waals surface area contributed by atoms with Crippen LogP contribution < -0.4 is 5.32 Å². The van der Waals surface area contributed by atoms with E-state index in [0.29, 0.717) is 6.04 Å². The quantitative estimate of drug-likeness (QED) is 0.862. The number of piperidine rings is 1. The lowest BCUT2D eigenvalue weighted by Gasteiger charge is -2.36. The van der Waals surface area contributed by atoms with Crippen LogP contribution in [0.1, 0.15) is 43.2 Å². The zero-order valence-corrected chi connectivity index (χ0v) is 15.0. The third-order valence-corrected chi connectivity index (χ3v) is 6.24. The van der Waals surface area contributed by atoms with Gasteiger partial charge in [-0.1, -0.05) is 24.3 Å². The Kier molecular flexibility index (Phi) is 5.09. The van der Waals surface area contributed by atoms with Crippen molar-refractivity contribution in [3.8, 4) is 0 Å². The minimum Gasteiger partial charge on any atom is -0.383 e. The Morgan fingerprint density at radius 2 is 1.84 bits per heavy atom. The second kappa shape index (κ2) is 7.46. The molecule has 4 nitrogen and oxygen atoms in total. The number of likely N-dealkylation sites (tertiary alicyclic amines) is 1. The van der Waals surface area contributed by atoms with Crippen LogP contribution >= 0.6 is 0 Å². The van der Waals surface area contributed by atoms with Gasteiger partial charge < -0.3 is 15.3 Å². The number of aliphatic hydroxyl groups excluding tert-OH is 1. The molecule has 1 saturated carbocycles. The van der Waals surface area contributed by atoms with E-state index < -0.39 is 6.10 Å². The van der Waals surface area contributed by atoms with Crippen molar-refractivity contribution in [1.82, 2.24) is 10.2 Å². The first-order chi connectivity index (χ1) is 12.2. The summed E-state index contributed by atoms with van der Waals surface area (Å²) in [5, 5.41) is 13.2. The Labute approximate surface area is 150 Å². The molecule has 0 bridgehead atoms. The summed E-state index contributed by atoms with van der Waals surface area (Å²) in [6.07, 6.45) is 6.88. The molecule has 0 radical (unpaired) electrons. The van der Waals surface area contributed by atoms with E-state index in [0.717, 1.165) is 51.2 Å². The van der Waals surface area contributed by atoms with Gasteiger partial charge in [0, 0.05) is 12.6 Å². The molecular weight excluding hydrogens is 312 g/mol. The molecule has 0 spiro atoms. The summed E-state index contributed by atoms with van der Waals surface area (Å²) < 4.78 is 0. The molecule has 1 saturated heterocycles. The Morgan fingerprint density at radius 1 is 1.12 bits per heavy atom. The number of carbonyl (C=O) groups excluding carboxylic acids is 1. The predicted molar refractivity (Wildman–Crippen MR) is 98.3 cm³/mol. The fourth-order valence-corrected chi connectivity index (χ4v) is 4.47. The van der Waals surface area contributed by atoms with Crippen LogP contribution in [0.5, 0.6) is 0 Å². The van der Waals surface area contributed by atoms with Crippen LogP contribution in [0.3, 0.4) is 0 Å². The van der Waals surface area contributed by atoms with Crippen LogP contribution in [0.15, 0.2) is 24.3 Å². The number of aryl methyl sites for hydroxylation is 1. The van der Waals surface area contributed by atoms with E-state index in [1.807, 2.05) is 0 Å². The number of fused-ring (bicyclic) bond motifs is 1. The highest BCUT2D eigenvalue weighted by atomic mass is 16.3. The Balaban J connectivity index is 1.23. The molecule has 0 aromatic heterocycles. The van der Waals surface area contributed by atoms with Gasteiger partial charge in [-0.15, -0.1) is 0 Å². The van der Waals surface area contributed by atoms with Gasteiger partial charge in [0.2, 0.25) is 5.91 Å². The SMILES string of the molecule is O=C(NC1CC1)C(O)C1CCN(CC2CCc3ccccc3C2)CC1. The highest BCUT2D eigenvalue weighted by molar-refractivity contribution is 5.81. The van der Waals surface area contributed by atoms with Crippen molar-refractivity contribution in [2.24, 2.45) is 11.8 Å². The number of carbonyl (C=O) groups is 1. The smallest absolute Gasteiger partial charge is 0.249 e. The fourth-order valence-electron chi connectivity index (χ4n) is 4.47. The molecule has 2 N–H and O–H groups in total. The average molecular weight is 342 g/mol. The Bertz CT molecular complexity index is 606. The maximum atomic E-state index is 12.0. The van der Waals surface area contributed by atoms with Gasteiger partial charge in [-0.05, 0) is 81.0 Å². The maximum Gasteiger partial charge on any atom is 0.249 e. The first-order valence-corrected chi connectivity index (χ1v) is 9.96. The second-order valence-electron chi connectivity index (χ2n) is 8.24. The van der Waals surface area contributed by atoms with Gasteiger partial charge in [0.25, 0.3) is 0 Å². The van der Waals surface area contributed by atoms with Gasteiger partial charge >= 0.3 is 0 Å². The van der Waals surface area contributed by atoms with E-state index in [9.17, 15) is 9.90 Å². The molecule has 1 aliphatic heterocycles. The Hall–Kier alpha value is -1.39. The van der Waals surface area contributed by atoms with Crippen LogP contribution in [0.4, 0.5) is 0 Å². The summed E-state index contributed by atoms with van der Waals surface area (Å²) in [6, 6.07) is 9.18. The van der Waals surface area contributed by atoms with Crippen LogP contribution in [0, 0.1) is 11.8 Å². The molecule has 1 aromatic carbocycles. The van der Waals surface area contributed by atoms with Gasteiger partial charge in [-0.2, -0.15) is 0 Å². The number of rotatable bonds is 5. The normalized spacial score (nSPS) is 26.0. The van der Waals surface area contributed by atoms with Gasteiger partial charge in [-0.25, -0.2) is 0 Å². The molecule has 1 amide bonds. The molecule has 25 heavy (non-hydrogen) atoms. The largest absolute Gasteiger partial charge is 0.383 e. The molecular formula is C21H30N2O2. The average Bonchev–Trinajstić information content (AvgIpc) is 3.45. The Morgan fingerprint density at radius 3 is 2.56 bits per heavy atom. The monoisotopic (exact) mass is 342 g/mol. The van der Waals surface area contributed by atoms with Crippen molar-refractivity contribution in [3.63, 3.8) is 0 Å². The molecule has 3 aliphatic rings. The van der Waals surface area contributed by atoms with Crippen LogP contribution in [0.25, 0.3) is 0 Å². The highest BCUT2D eigenvalue weighted by Crippen LogP contribution is 2.28. The van der Waals surface area contributed by atoms with Crippen LogP contribution in [0.2, 0.25) is 0 Å². The second-order valence-corrected chi connectivity index (χ2v) is 8.24. The van der Waals surface area contributed by atoms with Gasteiger partial charge in [0.15, 0.2) is 0 Å². The first kappa shape index (κ1) is 17.0. The minimum absolute atomic E-state index is 0.127. The lowest BCUT2D eigenvalue weighted by atomic mass is 9.83. The molecule has 2 atom stereocenters. The molecule has 2 unspecified atom stereocenters. The molecule has 4 rings (SSSR count). The van der Waals surface area contributed by atoms with E-state index in [2.05, 4.69) is 34.5 Å². The molecule has 2 fully saturated rings. The number of hydrogen-bond acceptors (Lipinski definition) is 3. The summed E-state index contributed by atoms with van der Waals surface area (Å²) >= 11 is 0. The molecule has 136 valence electrons. The molecule has 4 heteroatoms. The van der Waals surface area contributed by atoms with Crippen molar-refractivity contribution in [2.75, 3.05) is 19.6 Å². The minimum atomic E-state index is -0.815. The molecule has 1 heterocycles. The topological polar surface area (TPSA) is 52.6 Å². The standard InChI is InChI=1S/C21H30N2O2/c24-20(21(25)22-19-7-8-19)17-9-11-23(12-10-17)14-15-5-6-16-3-1-2-4-18(16)13-15/h1-4,15,17,19-20,24H,5-14H2,(H,22,25). The lowest BCUT2D eigenvalue weighted by molar-refractivity contribution is -0.133. The number of amides is 1. The fraction of sp³-hybridized carbons (Fsp3) is 0.667. The van der Waals surface area contributed by atoms with E-state index in [4.69, 9.17) is 0 Å². The van der Waals surface area contributed by atoms with Crippen molar-refractivity contribution in [1.29, 1.82) is 0 Å². The lowest BCUT2D eigenvalue weighted by Crippen LogP contribution is -2.46. The van der Waals surface area contributed by atoms with Crippen LogP contribution in [-0.2, 0) is 17.6 Å². The summed E-state index contributed by atoms with van der Waals surface area (Å²) in [5.41, 5.74) is 3.06. The summed E-state index contributed by atoms with van der Waals surface area (Å²) in [4.78, 5) is 14.6. The van der Waals surface area contributed by atoms with Crippen molar-refractivity contribution in [3.05, 3.63) is 35.4 Å². The molecule has 1 aromatic rings. The van der Waals surface area contributed by atoms with Gasteiger partial charge in [0.05, 0.1) is 0 Å². The third kappa shape index (κ3) is 4.24. The van der Waals surface area contributed by atoms with Gasteiger partial charge in [-0.3, -0.25) is 4.79 Å². The number of nitrogens with one attached hydrogen (secondary N) is 1. The maximum absolute atomic E-state index is 12.0. The van der Waals surface area contributed by atoms with Gasteiger partial charge in [0.1, 0.15) is 6.10 Å². The number of nitrogens with zero attached hydrogens (tertiary/aromatic N) is 1. The van der Waals surface area contributed by atoms with E-state index in [-0.39, 0.29) is 11.8 Å². The van der Waals surface area contributed by atoms with Crippen molar-refractivity contribution >= 4 is 5.91 Å². The zero-order chi connectivity index (χ0) is 17.2. The van der Waals surface area contributed by atoms with Crippen molar-refractivity contribution in [2.45, 2.75) is 57.1 Å². The number of hydrogen-bond donors (Lipinski definition) is 2. The molecule has 2 aliphatic carbocycles. The summed E-state index contributed by atoms with van der Waals surface area (Å²) in [6.45, 7) is 3.18. The van der Waals surface area contributed by atoms with E-state index in [1.165, 1.54) is 30.4 Å². The summed E-state index contributed by atoms with van der Waals surface area (Å²) in [7, 11) is 0. The number of aliphatic hydroxyl groups is 1. The van der Waals surface area contributed by atoms with E-state index >= 15 is 0 Å². The highest BCUT2D eigenvalue weighted by Gasteiger charge is 2.33. The van der Waals surface area contributed by atoms with E-state index in [1.54, 1.807) is 0 Å². The summed E-state index contributed by atoms with van der Waals surface area (Å²) in [5.74, 6) is 0.724. The van der Waals surface area contributed by atoms with Crippen molar-refractivity contribution < 1.29 is 9.90 Å². The third-order valence-electron chi connectivity index (χ3n) is 6.24. The van der Waals surface area contributed by atoms with Crippen LogP contribution in [-0.4, -0.2) is 47.7 Å². The predicted octanol–water partition coefficient (Wildman–Crippen LogP) is 2.14. The first-order valence-electron chi connectivity index (χ1n) is 9.96. The number of benzene rings is 1.